The molecule has 0 atom stereocenters. The van der Waals surface area contributed by atoms with Crippen molar-refractivity contribution in [3.8, 4) is 0 Å². The van der Waals surface area contributed by atoms with Crippen molar-refractivity contribution in [2.45, 2.75) is 25.6 Å². The van der Waals surface area contributed by atoms with Crippen molar-refractivity contribution in [2.75, 3.05) is 11.5 Å². The Morgan fingerprint density at radius 2 is 1.80 bits per heavy atom. The largest absolute Gasteiger partial charge is 0.397 e. The third-order valence-corrected chi connectivity index (χ3v) is 4.29. The van der Waals surface area contributed by atoms with Crippen molar-refractivity contribution in [3.63, 3.8) is 0 Å². The minimum Gasteiger partial charge on any atom is -0.397 e. The van der Waals surface area contributed by atoms with E-state index in [2.05, 4.69) is 5.32 Å². The first kappa shape index (κ1) is 19.0. The molecule has 0 saturated carbocycles. The molecular weight excluding hydrogens is 351 g/mol. The molecule has 0 fully saturated rings. The smallest absolute Gasteiger partial charge is 0.251 e. The summed E-state index contributed by atoms with van der Waals surface area (Å²) in [5.41, 5.74) is 13.5. The average Bonchev–Trinajstić information content (AvgIpc) is 2.58. The van der Waals surface area contributed by atoms with Crippen LogP contribution in [0.25, 0.3) is 0 Å². The minimum absolute atomic E-state index is 0.0736. The number of halogens is 3. The predicted molar refractivity (Wildman–Crippen MR) is 94.6 cm³/mol. The van der Waals surface area contributed by atoms with Crippen molar-refractivity contribution in [1.29, 1.82) is 0 Å². The van der Waals surface area contributed by atoms with E-state index in [1.807, 2.05) is 13.0 Å². The lowest BCUT2D eigenvalue weighted by atomic mass is 10.0. The molecule has 1 amide bonds. The minimum atomic E-state index is -0.965. The Morgan fingerprint density at radius 3 is 2.36 bits per heavy atom. The van der Waals surface area contributed by atoms with Crippen LogP contribution >= 0.6 is 12.1 Å². The first-order chi connectivity index (χ1) is 11.9. The molecule has 2 rings (SSSR count). The van der Waals surface area contributed by atoms with Crippen LogP contribution in [0.1, 0.15) is 34.0 Å². The van der Waals surface area contributed by atoms with Crippen LogP contribution in [0.2, 0.25) is 0 Å². The van der Waals surface area contributed by atoms with Crippen LogP contribution in [0.5, 0.6) is 0 Å². The molecular formula is C17H18F3N3OS. The van der Waals surface area contributed by atoms with Crippen LogP contribution < -0.4 is 16.8 Å². The van der Waals surface area contributed by atoms with Crippen molar-refractivity contribution in [3.05, 3.63) is 58.2 Å². The second-order valence-electron chi connectivity index (χ2n) is 5.41. The van der Waals surface area contributed by atoms with Crippen LogP contribution in [0.15, 0.2) is 24.3 Å². The van der Waals surface area contributed by atoms with Gasteiger partial charge in [0.25, 0.3) is 5.91 Å². The molecule has 0 radical (unpaired) electrons. The number of nitrogens with two attached hydrogens (primary N) is 2. The number of nitrogens with one attached hydrogen (secondary N) is 1. The van der Waals surface area contributed by atoms with E-state index in [9.17, 15) is 17.5 Å². The first-order valence-corrected chi connectivity index (χ1v) is 8.43. The first-order valence-electron chi connectivity index (χ1n) is 7.54. The van der Waals surface area contributed by atoms with Crippen LogP contribution in [-0.4, -0.2) is 5.91 Å². The summed E-state index contributed by atoms with van der Waals surface area (Å²) in [4.78, 5) is 12.2. The zero-order valence-corrected chi connectivity index (χ0v) is 14.4. The third kappa shape index (κ3) is 4.19. The SMILES string of the molecule is CCc1ccc(N)c(N)c1CNC(=O)c1cc(F)c(CSF)c(F)c1. The van der Waals surface area contributed by atoms with Crippen LogP contribution in [0.4, 0.5) is 24.0 Å². The van der Waals surface area contributed by atoms with Gasteiger partial charge in [-0.25, -0.2) is 8.78 Å². The molecule has 0 saturated heterocycles. The normalized spacial score (nSPS) is 10.7. The molecule has 5 N–H and O–H groups in total. The number of hydrogen-bond acceptors (Lipinski definition) is 4. The number of amides is 1. The lowest BCUT2D eigenvalue weighted by molar-refractivity contribution is 0.0950. The molecule has 0 aromatic heterocycles. The Bertz CT molecular complexity index is 776. The maximum atomic E-state index is 13.8. The number of benzene rings is 2. The summed E-state index contributed by atoms with van der Waals surface area (Å²) in [6.45, 7) is 2.01. The molecule has 0 unspecified atom stereocenters. The summed E-state index contributed by atoms with van der Waals surface area (Å²) >= 11 is -0.194. The molecule has 4 nitrogen and oxygen atoms in total. The fourth-order valence-corrected chi connectivity index (χ4v) is 2.85. The molecule has 0 aliphatic rings. The Hall–Kier alpha value is -2.35. The van der Waals surface area contributed by atoms with E-state index in [-0.39, 0.29) is 24.3 Å². The fourth-order valence-electron chi connectivity index (χ4n) is 2.47. The highest BCUT2D eigenvalue weighted by molar-refractivity contribution is 7.93. The summed E-state index contributed by atoms with van der Waals surface area (Å²) in [6, 6.07) is 5.27. The van der Waals surface area contributed by atoms with E-state index in [1.54, 1.807) is 6.07 Å². The van der Waals surface area contributed by atoms with E-state index in [4.69, 9.17) is 11.5 Å². The lowest BCUT2D eigenvalue weighted by Crippen LogP contribution is -2.24. The molecule has 0 heterocycles. The molecule has 134 valence electrons. The van der Waals surface area contributed by atoms with Crippen LogP contribution in [0, 0.1) is 11.6 Å². The topological polar surface area (TPSA) is 81.1 Å². The van der Waals surface area contributed by atoms with Crippen molar-refractivity contribution in [1.82, 2.24) is 5.32 Å². The number of nitrogen functional groups attached to an aromatic ring is 2. The third-order valence-electron chi connectivity index (χ3n) is 3.90. The Morgan fingerprint density at radius 1 is 1.16 bits per heavy atom. The zero-order chi connectivity index (χ0) is 18.6. The van der Waals surface area contributed by atoms with Gasteiger partial charge in [0.2, 0.25) is 0 Å². The van der Waals surface area contributed by atoms with Gasteiger partial charge >= 0.3 is 0 Å². The van der Waals surface area contributed by atoms with Gasteiger partial charge in [-0.2, -0.15) is 3.89 Å². The zero-order valence-electron chi connectivity index (χ0n) is 13.5. The van der Waals surface area contributed by atoms with Gasteiger partial charge in [-0.05, 0) is 35.7 Å². The summed E-state index contributed by atoms with van der Waals surface area (Å²) in [5.74, 6) is -3.05. The number of hydrogen-bond donors (Lipinski definition) is 3. The molecule has 0 bridgehead atoms. The maximum Gasteiger partial charge on any atom is 0.251 e. The molecule has 25 heavy (non-hydrogen) atoms. The van der Waals surface area contributed by atoms with Gasteiger partial charge in [-0.15, -0.1) is 0 Å². The Kier molecular flexibility index (Phi) is 6.19. The molecule has 0 aliphatic carbocycles. The number of rotatable bonds is 6. The second kappa shape index (κ2) is 8.15. The fraction of sp³-hybridized carbons (Fsp3) is 0.235. The van der Waals surface area contributed by atoms with Crippen LogP contribution in [-0.2, 0) is 18.7 Å². The second-order valence-corrected chi connectivity index (χ2v) is 5.92. The molecule has 8 heteroatoms. The highest BCUT2D eigenvalue weighted by Gasteiger charge is 2.16. The monoisotopic (exact) mass is 369 g/mol. The van der Waals surface area contributed by atoms with Crippen molar-refractivity contribution >= 4 is 29.4 Å². The number of carbonyl (C=O) groups is 1. The standard InChI is InChI=1S/C17H18F3N3OS/c1-2-9-3-4-15(21)16(22)11(9)7-23-17(24)10-5-13(18)12(8-25-20)14(19)6-10/h3-6H,2,7-8,21-22H2,1H3,(H,23,24). The summed E-state index contributed by atoms with van der Waals surface area (Å²) in [7, 11) is 0. The van der Waals surface area contributed by atoms with Crippen molar-refractivity contribution in [2.24, 2.45) is 0 Å². The number of anilines is 2. The van der Waals surface area contributed by atoms with E-state index >= 15 is 0 Å². The predicted octanol–water partition coefficient (Wildman–Crippen LogP) is 3.74. The molecule has 2 aromatic rings. The van der Waals surface area contributed by atoms with Gasteiger partial charge in [0, 0.05) is 29.8 Å². The van der Waals surface area contributed by atoms with Gasteiger partial charge < -0.3 is 16.8 Å². The maximum absolute atomic E-state index is 13.8. The van der Waals surface area contributed by atoms with Gasteiger partial charge in [0.05, 0.1) is 17.1 Å². The molecule has 2 aromatic carbocycles. The molecule has 0 aliphatic heterocycles. The van der Waals surface area contributed by atoms with Gasteiger partial charge in [-0.3, -0.25) is 4.79 Å². The summed E-state index contributed by atoms with van der Waals surface area (Å²) < 4.78 is 39.9. The van der Waals surface area contributed by atoms with E-state index in [1.165, 1.54) is 0 Å². The summed E-state index contributed by atoms with van der Waals surface area (Å²) in [6.07, 6.45) is 0.689. The number of carbonyl (C=O) groups excluding carboxylic acids is 1. The number of aryl methyl sites for hydroxylation is 1. The van der Waals surface area contributed by atoms with E-state index in [0.717, 1.165) is 17.7 Å². The van der Waals surface area contributed by atoms with Gasteiger partial charge in [0.1, 0.15) is 11.6 Å². The highest BCUT2D eigenvalue weighted by Crippen LogP contribution is 2.25. The van der Waals surface area contributed by atoms with Gasteiger partial charge in [0.15, 0.2) is 0 Å². The Balaban J connectivity index is 2.20. The highest BCUT2D eigenvalue weighted by atomic mass is 32.2. The quantitative estimate of drug-likeness (QED) is 0.678. The van der Waals surface area contributed by atoms with Gasteiger partial charge in [-0.1, -0.05) is 13.0 Å². The molecule has 0 spiro atoms. The lowest BCUT2D eigenvalue weighted by Gasteiger charge is -2.14. The van der Waals surface area contributed by atoms with E-state index < -0.39 is 28.9 Å². The average molecular weight is 369 g/mol. The van der Waals surface area contributed by atoms with Crippen molar-refractivity contribution < 1.29 is 17.5 Å². The summed E-state index contributed by atoms with van der Waals surface area (Å²) in [5, 5.41) is 2.58. The Labute approximate surface area is 148 Å². The van der Waals surface area contributed by atoms with Crippen LogP contribution in [0.3, 0.4) is 0 Å². The van der Waals surface area contributed by atoms with E-state index in [0.29, 0.717) is 23.4 Å².